The number of hydrogen-bond acceptors (Lipinski definition) is 6. The molecule has 0 saturated heterocycles. The molecule has 7 heteroatoms. The standard InChI is InChI=1S/C21H29NO6/c1-14(15(2)23)17(24)9-7-16-8-10-18(19(13-16)26-6)27-12-11-22-20(25)28-21(3,4)5/h7-10,13-14H,11-12H2,1-6H3,(H,22,25)/b9-7+. The minimum atomic E-state index is -0.654. The van der Waals surface area contributed by atoms with Crippen LogP contribution >= 0.6 is 0 Å². The molecular formula is C21H29NO6. The van der Waals surface area contributed by atoms with Gasteiger partial charge in [-0.05, 0) is 58.4 Å². The number of rotatable bonds is 9. The lowest BCUT2D eigenvalue weighted by Crippen LogP contribution is -2.34. The van der Waals surface area contributed by atoms with E-state index in [9.17, 15) is 14.4 Å². The lowest BCUT2D eigenvalue weighted by molar-refractivity contribution is -0.128. The Morgan fingerprint density at radius 1 is 1.18 bits per heavy atom. The number of ether oxygens (including phenoxy) is 3. The van der Waals surface area contributed by atoms with E-state index in [0.717, 1.165) is 5.56 Å². The van der Waals surface area contributed by atoms with Gasteiger partial charge in [0.15, 0.2) is 17.3 Å². The second-order valence-corrected chi connectivity index (χ2v) is 7.26. The van der Waals surface area contributed by atoms with Crippen molar-refractivity contribution in [1.29, 1.82) is 0 Å². The smallest absolute Gasteiger partial charge is 0.407 e. The summed E-state index contributed by atoms with van der Waals surface area (Å²) in [6, 6.07) is 5.20. The van der Waals surface area contributed by atoms with Crippen molar-refractivity contribution >= 4 is 23.7 Å². The number of Topliss-reactive ketones (excluding diaryl/α,β-unsaturated/α-hetero) is 1. The Hall–Kier alpha value is -2.83. The molecule has 1 N–H and O–H groups in total. The molecule has 0 aromatic heterocycles. The van der Waals surface area contributed by atoms with Crippen molar-refractivity contribution in [3.05, 3.63) is 29.8 Å². The molecule has 1 amide bonds. The summed E-state index contributed by atoms with van der Waals surface area (Å²) >= 11 is 0. The molecule has 0 saturated carbocycles. The van der Waals surface area contributed by atoms with E-state index in [2.05, 4.69) is 5.32 Å². The van der Waals surface area contributed by atoms with Crippen LogP contribution in [0, 0.1) is 5.92 Å². The zero-order valence-electron chi connectivity index (χ0n) is 17.3. The predicted octanol–water partition coefficient (Wildman–Crippen LogP) is 3.41. The van der Waals surface area contributed by atoms with Crippen LogP contribution in [0.3, 0.4) is 0 Å². The zero-order valence-corrected chi connectivity index (χ0v) is 17.3. The van der Waals surface area contributed by atoms with E-state index in [1.165, 1.54) is 20.1 Å². The van der Waals surface area contributed by atoms with Gasteiger partial charge in [0.05, 0.1) is 19.6 Å². The minimum absolute atomic E-state index is 0.170. The first-order chi connectivity index (χ1) is 13.0. The number of carbonyl (C=O) groups is 3. The van der Waals surface area contributed by atoms with Gasteiger partial charge < -0.3 is 19.5 Å². The van der Waals surface area contributed by atoms with Gasteiger partial charge >= 0.3 is 6.09 Å². The first-order valence-corrected chi connectivity index (χ1v) is 9.03. The highest BCUT2D eigenvalue weighted by Crippen LogP contribution is 2.28. The van der Waals surface area contributed by atoms with E-state index in [4.69, 9.17) is 14.2 Å². The largest absolute Gasteiger partial charge is 0.493 e. The molecule has 0 aliphatic heterocycles. The molecule has 1 unspecified atom stereocenters. The maximum atomic E-state index is 11.9. The summed E-state index contributed by atoms with van der Waals surface area (Å²) in [6.07, 6.45) is 2.50. The Morgan fingerprint density at radius 2 is 1.86 bits per heavy atom. The highest BCUT2D eigenvalue weighted by atomic mass is 16.6. The normalized spacial score (nSPS) is 12.4. The van der Waals surface area contributed by atoms with E-state index >= 15 is 0 Å². The van der Waals surface area contributed by atoms with Crippen LogP contribution in [-0.4, -0.2) is 43.5 Å². The quantitative estimate of drug-likeness (QED) is 0.394. The van der Waals surface area contributed by atoms with Gasteiger partial charge in [0.25, 0.3) is 0 Å². The van der Waals surface area contributed by atoms with E-state index in [-0.39, 0.29) is 24.7 Å². The summed E-state index contributed by atoms with van der Waals surface area (Å²) in [5.74, 6) is -0.0743. The monoisotopic (exact) mass is 391 g/mol. The molecule has 154 valence electrons. The highest BCUT2D eigenvalue weighted by molar-refractivity contribution is 6.07. The van der Waals surface area contributed by atoms with E-state index < -0.39 is 17.6 Å². The summed E-state index contributed by atoms with van der Waals surface area (Å²) in [4.78, 5) is 34.7. The van der Waals surface area contributed by atoms with Crippen molar-refractivity contribution < 1.29 is 28.6 Å². The SMILES string of the molecule is COc1cc(/C=C/C(=O)C(C)C(C)=O)ccc1OCCNC(=O)OC(C)(C)C. The number of methoxy groups -OCH3 is 1. The molecule has 0 bridgehead atoms. The molecule has 0 aliphatic carbocycles. The molecule has 0 aliphatic rings. The van der Waals surface area contributed by atoms with Crippen LogP contribution in [0.1, 0.15) is 40.2 Å². The maximum absolute atomic E-state index is 11.9. The summed E-state index contributed by atoms with van der Waals surface area (Å²) in [7, 11) is 1.51. The third-order valence-electron chi connectivity index (χ3n) is 3.69. The van der Waals surface area contributed by atoms with Crippen molar-refractivity contribution in [3.8, 4) is 11.5 Å². The summed E-state index contributed by atoms with van der Waals surface area (Å²) in [5, 5.41) is 2.61. The number of benzene rings is 1. The van der Waals surface area contributed by atoms with Gasteiger partial charge in [0.1, 0.15) is 18.0 Å². The third kappa shape index (κ3) is 8.24. The molecule has 28 heavy (non-hydrogen) atoms. The van der Waals surface area contributed by atoms with Crippen LogP contribution in [0.2, 0.25) is 0 Å². The number of hydrogen-bond donors (Lipinski definition) is 1. The fourth-order valence-corrected chi connectivity index (χ4v) is 2.06. The minimum Gasteiger partial charge on any atom is -0.493 e. The van der Waals surface area contributed by atoms with Gasteiger partial charge in [-0.3, -0.25) is 9.59 Å². The Labute approximate surface area is 166 Å². The molecule has 7 nitrogen and oxygen atoms in total. The third-order valence-corrected chi connectivity index (χ3v) is 3.69. The summed E-state index contributed by atoms with van der Waals surface area (Å²) in [5.41, 5.74) is 0.182. The summed E-state index contributed by atoms with van der Waals surface area (Å²) in [6.45, 7) is 8.85. The van der Waals surface area contributed by atoms with Gasteiger partial charge in [0, 0.05) is 0 Å². The van der Waals surface area contributed by atoms with Crippen LogP contribution in [0.25, 0.3) is 6.08 Å². The Morgan fingerprint density at radius 3 is 2.43 bits per heavy atom. The van der Waals surface area contributed by atoms with Crippen LogP contribution < -0.4 is 14.8 Å². The van der Waals surface area contributed by atoms with Crippen molar-refractivity contribution in [2.75, 3.05) is 20.3 Å². The van der Waals surface area contributed by atoms with Gasteiger partial charge in [-0.2, -0.15) is 0 Å². The van der Waals surface area contributed by atoms with Gasteiger partial charge in [-0.1, -0.05) is 12.1 Å². The Balaban J connectivity index is 2.62. The number of alkyl carbamates (subject to hydrolysis) is 1. The highest BCUT2D eigenvalue weighted by Gasteiger charge is 2.16. The number of allylic oxidation sites excluding steroid dienone is 1. The molecule has 0 spiro atoms. The fraction of sp³-hybridized carbons (Fsp3) is 0.476. The van der Waals surface area contributed by atoms with Gasteiger partial charge in [-0.25, -0.2) is 4.79 Å². The number of carbonyl (C=O) groups excluding carboxylic acids is 3. The fourth-order valence-electron chi connectivity index (χ4n) is 2.06. The van der Waals surface area contributed by atoms with Crippen LogP contribution in [0.4, 0.5) is 4.79 Å². The predicted molar refractivity (Wildman–Crippen MR) is 107 cm³/mol. The van der Waals surface area contributed by atoms with Crippen molar-refractivity contribution in [3.63, 3.8) is 0 Å². The molecule has 0 fully saturated rings. The second-order valence-electron chi connectivity index (χ2n) is 7.26. The van der Waals surface area contributed by atoms with Crippen molar-refractivity contribution in [1.82, 2.24) is 5.32 Å². The average molecular weight is 391 g/mol. The number of ketones is 2. The first kappa shape index (κ1) is 23.2. The Bertz CT molecular complexity index is 733. The summed E-state index contributed by atoms with van der Waals surface area (Å²) < 4.78 is 16.1. The Kier molecular flexibility index (Phi) is 8.70. The molecule has 1 rings (SSSR count). The van der Waals surface area contributed by atoms with E-state index in [1.54, 1.807) is 52.0 Å². The maximum Gasteiger partial charge on any atom is 0.407 e. The van der Waals surface area contributed by atoms with Crippen LogP contribution in [-0.2, 0) is 14.3 Å². The van der Waals surface area contributed by atoms with Gasteiger partial charge in [0.2, 0.25) is 0 Å². The van der Waals surface area contributed by atoms with E-state index in [0.29, 0.717) is 11.5 Å². The molecule has 1 aromatic rings. The zero-order chi connectivity index (χ0) is 21.3. The molecule has 1 atom stereocenters. The molecule has 0 heterocycles. The molecular weight excluding hydrogens is 362 g/mol. The first-order valence-electron chi connectivity index (χ1n) is 9.03. The number of amides is 1. The van der Waals surface area contributed by atoms with Gasteiger partial charge in [-0.15, -0.1) is 0 Å². The lowest BCUT2D eigenvalue weighted by Gasteiger charge is -2.19. The van der Waals surface area contributed by atoms with E-state index in [1.807, 2.05) is 0 Å². The molecule has 1 aromatic carbocycles. The van der Waals surface area contributed by atoms with Crippen molar-refractivity contribution in [2.24, 2.45) is 5.92 Å². The second kappa shape index (κ2) is 10.5. The van der Waals surface area contributed by atoms with Crippen molar-refractivity contribution in [2.45, 2.75) is 40.2 Å². The topological polar surface area (TPSA) is 90.9 Å². The van der Waals surface area contributed by atoms with Crippen LogP contribution in [0.15, 0.2) is 24.3 Å². The average Bonchev–Trinajstić information content (AvgIpc) is 2.61. The van der Waals surface area contributed by atoms with Crippen LogP contribution in [0.5, 0.6) is 11.5 Å². The number of nitrogens with one attached hydrogen (secondary N) is 1. The molecule has 0 radical (unpaired) electrons. The lowest BCUT2D eigenvalue weighted by atomic mass is 10.0.